The fourth-order valence-electron chi connectivity index (χ4n) is 3.46. The van der Waals surface area contributed by atoms with Crippen LogP contribution in [0.15, 0.2) is 53.0 Å². The lowest BCUT2D eigenvalue weighted by atomic mass is 10.1. The Balaban J connectivity index is 1.55. The molecule has 142 valence electrons. The molecular formula is C22H25BrN2O2. The number of fused-ring (bicyclic) bond motifs is 1. The maximum absolute atomic E-state index is 12.1. The molecule has 0 aliphatic carbocycles. The highest BCUT2D eigenvalue weighted by Crippen LogP contribution is 2.32. The number of nitrogens with zero attached hydrogens (tertiary/aromatic N) is 1. The molecule has 0 amide bonds. The van der Waals surface area contributed by atoms with Crippen LogP contribution in [0.2, 0.25) is 0 Å². The molecule has 0 saturated carbocycles. The van der Waals surface area contributed by atoms with Crippen molar-refractivity contribution in [2.45, 2.75) is 26.8 Å². The van der Waals surface area contributed by atoms with Gasteiger partial charge in [0.1, 0.15) is 12.4 Å². The Hall–Kier alpha value is -2.11. The van der Waals surface area contributed by atoms with Gasteiger partial charge in [-0.1, -0.05) is 30.3 Å². The molecule has 4 nitrogen and oxygen atoms in total. The summed E-state index contributed by atoms with van der Waals surface area (Å²) in [5.74, 6) is 1.01. The molecule has 0 atom stereocenters. The third kappa shape index (κ3) is 4.60. The van der Waals surface area contributed by atoms with Crippen LogP contribution in [0, 0.1) is 6.92 Å². The molecule has 1 aromatic heterocycles. The third-order valence-electron chi connectivity index (χ3n) is 4.67. The van der Waals surface area contributed by atoms with Crippen LogP contribution in [0.5, 0.6) is 5.75 Å². The van der Waals surface area contributed by atoms with Gasteiger partial charge in [0.15, 0.2) is 5.78 Å². The minimum atomic E-state index is 0.116. The average molecular weight is 429 g/mol. The largest absolute Gasteiger partial charge is 0.492 e. The first kappa shape index (κ1) is 19.6. The highest BCUT2D eigenvalue weighted by molar-refractivity contribution is 9.10. The number of benzene rings is 2. The second-order valence-electron chi connectivity index (χ2n) is 6.57. The van der Waals surface area contributed by atoms with Gasteiger partial charge in [-0.15, -0.1) is 0 Å². The number of carbonyl (C=O) groups excluding carboxylic acids is 1. The Morgan fingerprint density at radius 1 is 1.11 bits per heavy atom. The van der Waals surface area contributed by atoms with Gasteiger partial charge in [0.05, 0.1) is 5.52 Å². The molecule has 0 saturated heterocycles. The lowest BCUT2D eigenvalue weighted by Crippen LogP contribution is -2.23. The van der Waals surface area contributed by atoms with E-state index in [1.807, 2.05) is 55.5 Å². The highest BCUT2D eigenvalue weighted by atomic mass is 79.9. The van der Waals surface area contributed by atoms with E-state index in [2.05, 4.69) is 25.8 Å². The SMILES string of the molecule is CC(=O)c1c(C)n(CCCNCCOc2ccccc2)c2c(Br)cccc12. The number of rotatable bonds is 9. The number of carbonyl (C=O) groups is 1. The van der Waals surface area contributed by atoms with Crippen LogP contribution in [0.4, 0.5) is 0 Å². The summed E-state index contributed by atoms with van der Waals surface area (Å²) in [4.78, 5) is 12.1. The molecule has 27 heavy (non-hydrogen) atoms. The number of ether oxygens (including phenoxy) is 1. The quantitative estimate of drug-likeness (QED) is 0.386. The van der Waals surface area contributed by atoms with Crippen LogP contribution in [-0.4, -0.2) is 30.0 Å². The Morgan fingerprint density at radius 2 is 1.89 bits per heavy atom. The van der Waals surface area contributed by atoms with Gasteiger partial charge in [-0.3, -0.25) is 4.79 Å². The van der Waals surface area contributed by atoms with Crippen molar-refractivity contribution in [1.82, 2.24) is 9.88 Å². The predicted octanol–water partition coefficient (Wildman–Crippen LogP) is 4.97. The van der Waals surface area contributed by atoms with Crippen molar-refractivity contribution in [2.75, 3.05) is 19.7 Å². The molecule has 3 rings (SSSR count). The minimum Gasteiger partial charge on any atom is -0.492 e. The van der Waals surface area contributed by atoms with Gasteiger partial charge >= 0.3 is 0 Å². The van der Waals surface area contributed by atoms with Gasteiger partial charge < -0.3 is 14.6 Å². The molecule has 0 unspecified atom stereocenters. The number of ketones is 1. The number of nitrogens with one attached hydrogen (secondary N) is 1. The first-order valence-corrected chi connectivity index (χ1v) is 10.1. The molecule has 3 aromatic rings. The topological polar surface area (TPSA) is 43.3 Å². The molecule has 0 aliphatic rings. The molecule has 0 spiro atoms. The van der Waals surface area contributed by atoms with Gasteiger partial charge in [0, 0.05) is 34.2 Å². The van der Waals surface area contributed by atoms with Crippen molar-refractivity contribution in [1.29, 1.82) is 0 Å². The first-order chi connectivity index (χ1) is 13.1. The van der Waals surface area contributed by atoms with Crippen molar-refractivity contribution in [3.8, 4) is 5.75 Å². The zero-order valence-electron chi connectivity index (χ0n) is 15.8. The monoisotopic (exact) mass is 428 g/mol. The predicted molar refractivity (Wildman–Crippen MR) is 114 cm³/mol. The van der Waals surface area contributed by atoms with E-state index >= 15 is 0 Å². The number of aromatic nitrogens is 1. The van der Waals surface area contributed by atoms with Gasteiger partial charge in [-0.05, 0) is 60.9 Å². The smallest absolute Gasteiger partial charge is 0.162 e. The number of hydrogen-bond acceptors (Lipinski definition) is 3. The van der Waals surface area contributed by atoms with E-state index < -0.39 is 0 Å². The number of Topliss-reactive ketones (excluding diaryl/α,β-unsaturated/α-hetero) is 1. The van der Waals surface area contributed by atoms with Crippen LogP contribution in [-0.2, 0) is 6.54 Å². The van der Waals surface area contributed by atoms with Crippen molar-refractivity contribution in [3.05, 3.63) is 64.3 Å². The lowest BCUT2D eigenvalue weighted by molar-refractivity contribution is 0.101. The van der Waals surface area contributed by atoms with E-state index in [4.69, 9.17) is 4.74 Å². The molecule has 5 heteroatoms. The number of hydrogen-bond donors (Lipinski definition) is 1. The summed E-state index contributed by atoms with van der Waals surface area (Å²) >= 11 is 3.65. The van der Waals surface area contributed by atoms with E-state index in [0.717, 1.165) is 58.4 Å². The second-order valence-corrected chi connectivity index (χ2v) is 7.42. The fourth-order valence-corrected chi connectivity index (χ4v) is 4.04. The Kier molecular flexibility index (Phi) is 6.69. The normalized spacial score (nSPS) is 11.1. The summed E-state index contributed by atoms with van der Waals surface area (Å²) in [7, 11) is 0. The molecule has 1 heterocycles. The number of aryl methyl sites for hydroxylation is 1. The van der Waals surface area contributed by atoms with Gasteiger partial charge in [0.25, 0.3) is 0 Å². The molecule has 2 aromatic carbocycles. The van der Waals surface area contributed by atoms with E-state index in [1.54, 1.807) is 6.92 Å². The third-order valence-corrected chi connectivity index (χ3v) is 5.31. The molecule has 0 fully saturated rings. The summed E-state index contributed by atoms with van der Waals surface area (Å²) in [5.41, 5.74) is 2.97. The van der Waals surface area contributed by atoms with Crippen molar-refractivity contribution in [2.24, 2.45) is 0 Å². The Bertz CT molecular complexity index is 919. The summed E-state index contributed by atoms with van der Waals surface area (Å²) in [6.07, 6.45) is 0.981. The van der Waals surface area contributed by atoms with Crippen molar-refractivity contribution in [3.63, 3.8) is 0 Å². The van der Waals surface area contributed by atoms with Gasteiger partial charge in [-0.2, -0.15) is 0 Å². The van der Waals surface area contributed by atoms with E-state index in [0.29, 0.717) is 6.61 Å². The molecule has 1 N–H and O–H groups in total. The maximum Gasteiger partial charge on any atom is 0.162 e. The molecule has 0 aliphatic heterocycles. The van der Waals surface area contributed by atoms with Crippen molar-refractivity contribution < 1.29 is 9.53 Å². The van der Waals surface area contributed by atoms with Gasteiger partial charge in [0.2, 0.25) is 0 Å². The van der Waals surface area contributed by atoms with Gasteiger partial charge in [-0.25, -0.2) is 0 Å². The number of halogens is 1. The van der Waals surface area contributed by atoms with E-state index in [9.17, 15) is 4.79 Å². The Morgan fingerprint density at radius 3 is 2.63 bits per heavy atom. The zero-order valence-corrected chi connectivity index (χ0v) is 17.4. The zero-order chi connectivity index (χ0) is 19.2. The standard InChI is InChI=1S/C22H25BrN2O2/c1-16-21(17(2)26)19-10-6-11-20(23)22(19)25(16)14-7-12-24-13-15-27-18-8-4-3-5-9-18/h3-6,8-11,24H,7,12-15H2,1-2H3. The van der Waals surface area contributed by atoms with Crippen molar-refractivity contribution >= 4 is 32.6 Å². The summed E-state index contributed by atoms with van der Waals surface area (Å²) in [6.45, 7) is 6.89. The lowest BCUT2D eigenvalue weighted by Gasteiger charge is -2.11. The van der Waals surface area contributed by atoms with Crippen LogP contribution in [0.3, 0.4) is 0 Å². The highest BCUT2D eigenvalue weighted by Gasteiger charge is 2.18. The van der Waals surface area contributed by atoms with E-state index in [1.165, 1.54) is 0 Å². The first-order valence-electron chi connectivity index (χ1n) is 9.26. The van der Waals surface area contributed by atoms with E-state index in [-0.39, 0.29) is 5.78 Å². The summed E-state index contributed by atoms with van der Waals surface area (Å²) in [5, 5.41) is 4.45. The molecule has 0 bridgehead atoms. The number of para-hydroxylation sites is 2. The minimum absolute atomic E-state index is 0.116. The van der Waals surface area contributed by atoms with Crippen LogP contribution in [0.25, 0.3) is 10.9 Å². The second kappa shape index (κ2) is 9.20. The summed E-state index contributed by atoms with van der Waals surface area (Å²) in [6, 6.07) is 15.9. The summed E-state index contributed by atoms with van der Waals surface area (Å²) < 4.78 is 8.96. The van der Waals surface area contributed by atoms with Crippen LogP contribution >= 0.6 is 15.9 Å². The van der Waals surface area contributed by atoms with Crippen LogP contribution < -0.4 is 10.1 Å². The Labute approximate surface area is 168 Å². The average Bonchev–Trinajstić information content (AvgIpc) is 2.95. The fraction of sp³-hybridized carbons (Fsp3) is 0.318. The molecular weight excluding hydrogens is 404 g/mol. The maximum atomic E-state index is 12.1. The molecule has 0 radical (unpaired) electrons. The van der Waals surface area contributed by atoms with Crippen LogP contribution in [0.1, 0.15) is 29.4 Å².